The zero-order chi connectivity index (χ0) is 10.4. The molecular weight excluding hydrogens is 178 g/mol. The number of nitrogens with zero attached hydrogens (tertiary/aromatic N) is 1. The van der Waals surface area contributed by atoms with Gasteiger partial charge in [-0.1, -0.05) is 0 Å². The van der Waals surface area contributed by atoms with Crippen molar-refractivity contribution in [2.45, 2.75) is 13.5 Å². The highest BCUT2D eigenvalue weighted by Crippen LogP contribution is 2.07. The Bertz CT molecular complexity index is 303. The largest absolute Gasteiger partial charge is 0.405 e. The van der Waals surface area contributed by atoms with E-state index in [1.165, 1.54) is 6.20 Å². The van der Waals surface area contributed by atoms with E-state index in [9.17, 15) is 0 Å². The van der Waals surface area contributed by atoms with Crippen molar-refractivity contribution in [2.75, 3.05) is 12.3 Å². The predicted octanol–water partition coefficient (Wildman–Crippen LogP) is 0.961. The van der Waals surface area contributed by atoms with Crippen LogP contribution in [0.3, 0.4) is 0 Å². The van der Waals surface area contributed by atoms with Crippen LogP contribution in [-0.4, -0.2) is 11.6 Å². The van der Waals surface area contributed by atoms with E-state index in [1.54, 1.807) is 6.08 Å². The Hall–Kier alpha value is -1.55. The van der Waals surface area contributed by atoms with Gasteiger partial charge in [-0.15, -0.1) is 0 Å². The molecule has 0 fully saturated rings. The number of nitrogens with two attached hydrogens (primary N) is 2. The topological polar surface area (TPSA) is 74.2 Å². The SMILES string of the molecule is Cc1cc(N)nc(COC/C=C\N)c1. The number of rotatable bonds is 4. The third-order valence-corrected chi connectivity index (χ3v) is 1.64. The number of hydrogen-bond donors (Lipinski definition) is 2. The number of aryl methyl sites for hydroxylation is 1. The number of aromatic nitrogens is 1. The van der Waals surface area contributed by atoms with E-state index in [-0.39, 0.29) is 0 Å². The lowest BCUT2D eigenvalue weighted by Gasteiger charge is -2.03. The van der Waals surface area contributed by atoms with Gasteiger partial charge in [0.15, 0.2) is 0 Å². The molecule has 0 aromatic carbocycles. The summed E-state index contributed by atoms with van der Waals surface area (Å²) >= 11 is 0. The summed E-state index contributed by atoms with van der Waals surface area (Å²) in [7, 11) is 0. The first-order valence-corrected chi connectivity index (χ1v) is 4.40. The molecule has 0 bridgehead atoms. The molecular formula is C10H15N3O. The molecule has 1 heterocycles. The third-order valence-electron chi connectivity index (χ3n) is 1.64. The van der Waals surface area contributed by atoms with Crippen molar-refractivity contribution in [1.29, 1.82) is 0 Å². The van der Waals surface area contributed by atoms with Crippen LogP contribution >= 0.6 is 0 Å². The Morgan fingerprint density at radius 3 is 2.93 bits per heavy atom. The number of hydrogen-bond acceptors (Lipinski definition) is 4. The standard InChI is InChI=1S/C10H15N3O/c1-8-5-9(13-10(12)6-8)7-14-4-2-3-11/h2-3,5-6H,4,7,11H2,1H3,(H2,12,13)/b3-2-. The second-order valence-corrected chi connectivity index (χ2v) is 3.00. The molecule has 0 saturated carbocycles. The average Bonchev–Trinajstić information content (AvgIpc) is 2.11. The quantitative estimate of drug-likeness (QED) is 0.698. The summed E-state index contributed by atoms with van der Waals surface area (Å²) in [5, 5.41) is 0. The van der Waals surface area contributed by atoms with Crippen LogP contribution in [0, 0.1) is 6.92 Å². The minimum atomic E-state index is 0.455. The van der Waals surface area contributed by atoms with Crippen molar-refractivity contribution >= 4 is 5.82 Å². The monoisotopic (exact) mass is 193 g/mol. The molecule has 0 aliphatic heterocycles. The molecule has 4 heteroatoms. The Morgan fingerprint density at radius 2 is 2.29 bits per heavy atom. The summed E-state index contributed by atoms with van der Waals surface area (Å²) in [6.07, 6.45) is 3.19. The fourth-order valence-corrected chi connectivity index (χ4v) is 1.13. The Morgan fingerprint density at radius 1 is 1.50 bits per heavy atom. The molecule has 0 amide bonds. The van der Waals surface area contributed by atoms with Crippen LogP contribution in [0.25, 0.3) is 0 Å². The van der Waals surface area contributed by atoms with Crippen LogP contribution in [0.5, 0.6) is 0 Å². The van der Waals surface area contributed by atoms with E-state index < -0.39 is 0 Å². The molecule has 14 heavy (non-hydrogen) atoms. The van der Waals surface area contributed by atoms with Crippen molar-refractivity contribution in [2.24, 2.45) is 5.73 Å². The van der Waals surface area contributed by atoms with E-state index in [0.717, 1.165) is 11.3 Å². The highest BCUT2D eigenvalue weighted by Gasteiger charge is 1.97. The second kappa shape index (κ2) is 5.24. The molecule has 1 aromatic heterocycles. The van der Waals surface area contributed by atoms with Crippen molar-refractivity contribution in [3.05, 3.63) is 35.7 Å². The summed E-state index contributed by atoms with van der Waals surface area (Å²) in [6, 6.07) is 3.77. The van der Waals surface area contributed by atoms with E-state index in [4.69, 9.17) is 16.2 Å². The van der Waals surface area contributed by atoms with Crippen LogP contribution in [0.4, 0.5) is 5.82 Å². The molecule has 0 atom stereocenters. The van der Waals surface area contributed by atoms with Crippen LogP contribution in [0.2, 0.25) is 0 Å². The van der Waals surface area contributed by atoms with E-state index in [0.29, 0.717) is 19.0 Å². The number of nitrogen functional groups attached to an aromatic ring is 1. The molecule has 0 saturated heterocycles. The maximum Gasteiger partial charge on any atom is 0.123 e. The highest BCUT2D eigenvalue weighted by molar-refractivity contribution is 5.33. The molecule has 0 aliphatic rings. The van der Waals surface area contributed by atoms with Gasteiger partial charge in [0.2, 0.25) is 0 Å². The maximum atomic E-state index is 5.59. The van der Waals surface area contributed by atoms with Gasteiger partial charge in [0.1, 0.15) is 5.82 Å². The van der Waals surface area contributed by atoms with Gasteiger partial charge in [-0.3, -0.25) is 0 Å². The van der Waals surface area contributed by atoms with Gasteiger partial charge in [-0.2, -0.15) is 0 Å². The first-order valence-electron chi connectivity index (χ1n) is 4.40. The van der Waals surface area contributed by atoms with Crippen LogP contribution in [0.15, 0.2) is 24.4 Å². The van der Waals surface area contributed by atoms with Crippen molar-refractivity contribution in [3.63, 3.8) is 0 Å². The fraction of sp³-hybridized carbons (Fsp3) is 0.300. The molecule has 0 spiro atoms. The van der Waals surface area contributed by atoms with Crippen LogP contribution < -0.4 is 11.5 Å². The van der Waals surface area contributed by atoms with Gasteiger partial charge in [-0.05, 0) is 36.9 Å². The summed E-state index contributed by atoms with van der Waals surface area (Å²) < 4.78 is 5.29. The minimum absolute atomic E-state index is 0.455. The van der Waals surface area contributed by atoms with Gasteiger partial charge in [-0.25, -0.2) is 4.98 Å². The normalized spacial score (nSPS) is 10.9. The second-order valence-electron chi connectivity index (χ2n) is 3.00. The summed E-state index contributed by atoms with van der Waals surface area (Å²) in [4.78, 5) is 4.13. The number of anilines is 1. The summed E-state index contributed by atoms with van der Waals surface area (Å²) in [6.45, 7) is 2.92. The molecule has 0 unspecified atom stereocenters. The smallest absolute Gasteiger partial charge is 0.123 e. The molecule has 1 aromatic rings. The molecule has 0 aliphatic carbocycles. The lowest BCUT2D eigenvalue weighted by atomic mass is 10.2. The van der Waals surface area contributed by atoms with Crippen LogP contribution in [-0.2, 0) is 11.3 Å². The van der Waals surface area contributed by atoms with Gasteiger partial charge in [0, 0.05) is 0 Å². The van der Waals surface area contributed by atoms with Crippen molar-refractivity contribution in [3.8, 4) is 0 Å². The van der Waals surface area contributed by atoms with Gasteiger partial charge in [0.25, 0.3) is 0 Å². The lowest BCUT2D eigenvalue weighted by Crippen LogP contribution is -2.00. The lowest BCUT2D eigenvalue weighted by molar-refractivity contribution is 0.145. The maximum absolute atomic E-state index is 5.59. The first kappa shape index (κ1) is 10.5. The van der Waals surface area contributed by atoms with E-state index in [2.05, 4.69) is 4.98 Å². The Balaban J connectivity index is 2.50. The molecule has 4 nitrogen and oxygen atoms in total. The van der Waals surface area contributed by atoms with E-state index in [1.807, 2.05) is 19.1 Å². The Labute approximate surface area is 83.6 Å². The van der Waals surface area contributed by atoms with E-state index >= 15 is 0 Å². The van der Waals surface area contributed by atoms with Crippen LogP contribution in [0.1, 0.15) is 11.3 Å². The number of ether oxygens (including phenoxy) is 1. The molecule has 1 rings (SSSR count). The fourth-order valence-electron chi connectivity index (χ4n) is 1.13. The minimum Gasteiger partial charge on any atom is -0.405 e. The van der Waals surface area contributed by atoms with Gasteiger partial charge >= 0.3 is 0 Å². The molecule has 76 valence electrons. The zero-order valence-electron chi connectivity index (χ0n) is 8.23. The zero-order valence-corrected chi connectivity index (χ0v) is 8.23. The first-order chi connectivity index (χ1) is 6.72. The summed E-state index contributed by atoms with van der Waals surface area (Å²) in [5.74, 6) is 0.526. The predicted molar refractivity (Wildman–Crippen MR) is 56.4 cm³/mol. The molecule has 4 N–H and O–H groups in total. The number of pyridine rings is 1. The highest BCUT2D eigenvalue weighted by atomic mass is 16.5. The van der Waals surface area contributed by atoms with Gasteiger partial charge in [0.05, 0.1) is 18.9 Å². The van der Waals surface area contributed by atoms with Crippen molar-refractivity contribution < 1.29 is 4.74 Å². The summed E-state index contributed by atoms with van der Waals surface area (Å²) in [5.41, 5.74) is 12.7. The van der Waals surface area contributed by atoms with Gasteiger partial charge < -0.3 is 16.2 Å². The third kappa shape index (κ3) is 3.45. The Kier molecular flexibility index (Phi) is 3.94. The molecule has 0 radical (unpaired) electrons. The average molecular weight is 193 g/mol. The van der Waals surface area contributed by atoms with Crippen molar-refractivity contribution in [1.82, 2.24) is 4.98 Å².